The number of aromatic nitrogens is 2. The number of nitrogens with one attached hydrogen (secondary N) is 1. The van der Waals surface area contributed by atoms with E-state index < -0.39 is 0 Å². The summed E-state index contributed by atoms with van der Waals surface area (Å²) in [5.41, 5.74) is 2.17. The Morgan fingerprint density at radius 3 is 3.07 bits per heavy atom. The van der Waals surface area contributed by atoms with Crippen LogP contribution in [-0.2, 0) is 0 Å². The molecule has 2 rings (SSSR count). The van der Waals surface area contributed by atoms with E-state index in [1.807, 2.05) is 0 Å². The van der Waals surface area contributed by atoms with Crippen LogP contribution in [0.5, 0.6) is 0 Å². The lowest BCUT2D eigenvalue weighted by Crippen LogP contribution is -2.22. The Bertz CT molecular complexity index is 506. The molecule has 1 heterocycles. The fourth-order valence-corrected chi connectivity index (χ4v) is 1.71. The van der Waals surface area contributed by atoms with Gasteiger partial charge in [-0.05, 0) is 18.2 Å². The van der Waals surface area contributed by atoms with Crippen molar-refractivity contribution in [1.82, 2.24) is 14.1 Å². The van der Waals surface area contributed by atoms with Crippen molar-refractivity contribution in [2.24, 2.45) is 0 Å². The van der Waals surface area contributed by atoms with E-state index in [0.29, 0.717) is 12.1 Å². The number of nitrogens with zero attached hydrogens (tertiary/aromatic N) is 2. The highest BCUT2D eigenvalue weighted by atomic mass is 32.1. The predicted octanol–water partition coefficient (Wildman–Crippen LogP) is 1.61. The molecule has 76 valence electrons. The molecule has 5 heteroatoms. The van der Waals surface area contributed by atoms with Crippen molar-refractivity contribution in [3.63, 3.8) is 0 Å². The maximum absolute atomic E-state index is 11.6. The second-order valence-electron chi connectivity index (χ2n) is 2.97. The fraction of sp³-hybridized carbons (Fsp3) is 0.100. The lowest BCUT2D eigenvalue weighted by atomic mass is 10.2. The third-order valence-corrected chi connectivity index (χ3v) is 2.48. The van der Waals surface area contributed by atoms with E-state index in [0.717, 1.165) is 22.8 Å². The first kappa shape index (κ1) is 9.79. The highest BCUT2D eigenvalue weighted by Crippen LogP contribution is 2.13. The van der Waals surface area contributed by atoms with Crippen LogP contribution in [0.2, 0.25) is 0 Å². The van der Waals surface area contributed by atoms with Gasteiger partial charge in [-0.25, -0.2) is 0 Å². The zero-order chi connectivity index (χ0) is 10.7. The van der Waals surface area contributed by atoms with E-state index in [9.17, 15) is 4.79 Å². The minimum absolute atomic E-state index is 0.121. The Balaban J connectivity index is 2.27. The van der Waals surface area contributed by atoms with Crippen LogP contribution in [0.15, 0.2) is 30.9 Å². The first-order valence-electron chi connectivity index (χ1n) is 4.42. The summed E-state index contributed by atoms with van der Waals surface area (Å²) >= 11 is 1.14. The van der Waals surface area contributed by atoms with Crippen LogP contribution in [-0.4, -0.2) is 21.2 Å². The second kappa shape index (κ2) is 4.18. The van der Waals surface area contributed by atoms with E-state index in [1.54, 1.807) is 24.3 Å². The molecule has 0 radical (unpaired) electrons. The van der Waals surface area contributed by atoms with Gasteiger partial charge in [0.25, 0.3) is 5.91 Å². The predicted molar refractivity (Wildman–Crippen MR) is 59.9 cm³/mol. The van der Waals surface area contributed by atoms with Gasteiger partial charge in [0.1, 0.15) is 11.0 Å². The number of amides is 1. The number of benzene rings is 1. The third-order valence-electron chi connectivity index (χ3n) is 1.92. The summed E-state index contributed by atoms with van der Waals surface area (Å²) < 4.78 is 8.14. The standard InChI is InChI=1S/C10H9N3OS/c1-2-5-11-10(14)7-3-4-8-9(6-7)13-15-12-8/h2-4,6H,1,5H2,(H,11,14). The fourth-order valence-electron chi connectivity index (χ4n) is 1.19. The van der Waals surface area contributed by atoms with Gasteiger partial charge in [-0.15, -0.1) is 6.58 Å². The van der Waals surface area contributed by atoms with Gasteiger partial charge in [-0.1, -0.05) is 6.08 Å². The average Bonchev–Trinajstić information content (AvgIpc) is 2.72. The molecule has 0 aliphatic rings. The van der Waals surface area contributed by atoms with Crippen LogP contribution in [0.1, 0.15) is 10.4 Å². The van der Waals surface area contributed by atoms with Gasteiger partial charge in [0.2, 0.25) is 0 Å². The zero-order valence-electron chi connectivity index (χ0n) is 7.93. The lowest BCUT2D eigenvalue weighted by Gasteiger charge is -2.01. The molecule has 0 spiro atoms. The van der Waals surface area contributed by atoms with Crippen LogP contribution in [0.25, 0.3) is 11.0 Å². The first-order chi connectivity index (χ1) is 7.31. The summed E-state index contributed by atoms with van der Waals surface area (Å²) in [5.74, 6) is -0.121. The van der Waals surface area contributed by atoms with E-state index in [-0.39, 0.29) is 5.91 Å². The van der Waals surface area contributed by atoms with Crippen LogP contribution in [0.4, 0.5) is 0 Å². The molecule has 0 unspecified atom stereocenters. The molecule has 0 saturated carbocycles. The van der Waals surface area contributed by atoms with Gasteiger partial charge in [0.05, 0.1) is 11.7 Å². The van der Waals surface area contributed by atoms with E-state index >= 15 is 0 Å². The van der Waals surface area contributed by atoms with Gasteiger partial charge in [-0.3, -0.25) is 4.79 Å². The zero-order valence-corrected chi connectivity index (χ0v) is 8.75. The number of carbonyl (C=O) groups is 1. The van der Waals surface area contributed by atoms with E-state index in [2.05, 4.69) is 20.6 Å². The normalized spacial score (nSPS) is 10.1. The number of fused-ring (bicyclic) bond motifs is 1. The molecular weight excluding hydrogens is 210 g/mol. The SMILES string of the molecule is C=CCNC(=O)c1ccc2nsnc2c1. The highest BCUT2D eigenvalue weighted by molar-refractivity contribution is 7.00. The van der Waals surface area contributed by atoms with Crippen molar-refractivity contribution in [1.29, 1.82) is 0 Å². The molecular formula is C10H9N3OS. The van der Waals surface area contributed by atoms with Crippen LogP contribution >= 0.6 is 11.7 Å². The van der Waals surface area contributed by atoms with Crippen molar-refractivity contribution in [2.75, 3.05) is 6.54 Å². The number of hydrogen-bond acceptors (Lipinski definition) is 4. The van der Waals surface area contributed by atoms with Gasteiger partial charge in [0.15, 0.2) is 0 Å². The van der Waals surface area contributed by atoms with Gasteiger partial charge >= 0.3 is 0 Å². The number of rotatable bonds is 3. The minimum atomic E-state index is -0.121. The quantitative estimate of drug-likeness (QED) is 0.798. The molecule has 4 nitrogen and oxygen atoms in total. The maximum atomic E-state index is 11.6. The Labute approximate surface area is 91.0 Å². The molecule has 2 aromatic rings. The number of hydrogen-bond donors (Lipinski definition) is 1. The monoisotopic (exact) mass is 219 g/mol. The molecule has 0 atom stereocenters. The molecule has 1 aromatic heterocycles. The summed E-state index contributed by atoms with van der Waals surface area (Å²) in [6, 6.07) is 5.26. The summed E-state index contributed by atoms with van der Waals surface area (Å²) in [6.07, 6.45) is 1.64. The molecule has 0 bridgehead atoms. The Kier molecular flexibility index (Phi) is 2.73. The molecule has 0 aliphatic heterocycles. The molecule has 0 aliphatic carbocycles. The summed E-state index contributed by atoms with van der Waals surface area (Å²) in [6.45, 7) is 4.00. The topological polar surface area (TPSA) is 54.9 Å². The van der Waals surface area contributed by atoms with Crippen molar-refractivity contribution in [3.05, 3.63) is 36.4 Å². The summed E-state index contributed by atoms with van der Waals surface area (Å²) in [7, 11) is 0. The van der Waals surface area contributed by atoms with Crippen molar-refractivity contribution >= 4 is 28.7 Å². The van der Waals surface area contributed by atoms with Crippen LogP contribution in [0.3, 0.4) is 0 Å². The van der Waals surface area contributed by atoms with E-state index in [4.69, 9.17) is 0 Å². The van der Waals surface area contributed by atoms with Crippen molar-refractivity contribution in [3.8, 4) is 0 Å². The van der Waals surface area contributed by atoms with Crippen LogP contribution < -0.4 is 5.32 Å². The first-order valence-corrected chi connectivity index (χ1v) is 5.15. The molecule has 1 amide bonds. The molecule has 1 aromatic carbocycles. The third kappa shape index (κ3) is 2.02. The maximum Gasteiger partial charge on any atom is 0.251 e. The molecule has 0 saturated heterocycles. The minimum Gasteiger partial charge on any atom is -0.349 e. The lowest BCUT2D eigenvalue weighted by molar-refractivity contribution is 0.0958. The highest BCUT2D eigenvalue weighted by Gasteiger charge is 2.06. The van der Waals surface area contributed by atoms with Gasteiger partial charge in [-0.2, -0.15) is 8.75 Å². The van der Waals surface area contributed by atoms with Crippen molar-refractivity contribution < 1.29 is 4.79 Å². The Morgan fingerprint density at radius 2 is 2.27 bits per heavy atom. The van der Waals surface area contributed by atoms with Gasteiger partial charge < -0.3 is 5.32 Å². The largest absolute Gasteiger partial charge is 0.349 e. The smallest absolute Gasteiger partial charge is 0.251 e. The number of carbonyl (C=O) groups excluding carboxylic acids is 1. The van der Waals surface area contributed by atoms with E-state index in [1.165, 1.54) is 0 Å². The van der Waals surface area contributed by atoms with Crippen LogP contribution in [0, 0.1) is 0 Å². The van der Waals surface area contributed by atoms with Gasteiger partial charge in [0, 0.05) is 12.1 Å². The average molecular weight is 219 g/mol. The Morgan fingerprint density at radius 1 is 1.47 bits per heavy atom. The van der Waals surface area contributed by atoms with Crippen molar-refractivity contribution in [2.45, 2.75) is 0 Å². The molecule has 15 heavy (non-hydrogen) atoms. The molecule has 1 N–H and O–H groups in total. The summed E-state index contributed by atoms with van der Waals surface area (Å²) in [4.78, 5) is 11.6. The summed E-state index contributed by atoms with van der Waals surface area (Å²) in [5, 5.41) is 2.70. The second-order valence-corrected chi connectivity index (χ2v) is 3.49. The Hall–Kier alpha value is -1.75. The molecule has 0 fully saturated rings.